The summed E-state index contributed by atoms with van der Waals surface area (Å²) in [7, 11) is 0. The molecule has 84 valence electrons. The number of nitriles is 1. The number of nitrogens with two attached hydrogens (primary N) is 1. The highest BCUT2D eigenvalue weighted by Gasteiger charge is 2.05. The number of nitrogen functional groups attached to an aromatic ring is 1. The van der Waals surface area contributed by atoms with Gasteiger partial charge >= 0.3 is 5.97 Å². The second kappa shape index (κ2) is 6.46. The highest BCUT2D eigenvalue weighted by Crippen LogP contribution is 2.07. The van der Waals surface area contributed by atoms with E-state index in [4.69, 9.17) is 15.7 Å². The lowest BCUT2D eigenvalue weighted by Gasteiger charge is -2.03. The van der Waals surface area contributed by atoms with Crippen LogP contribution in [0.3, 0.4) is 0 Å². The predicted octanol–water partition coefficient (Wildman–Crippen LogP) is 2.12. The number of unbranched alkanes of at least 4 members (excludes halogenated alkanes) is 2. The van der Waals surface area contributed by atoms with Crippen molar-refractivity contribution in [3.63, 3.8) is 0 Å². The first-order valence-corrected chi connectivity index (χ1v) is 5.13. The number of carbonyl (C=O) groups excluding carboxylic acids is 1. The molecule has 0 spiro atoms. The molecular weight excluding hydrogens is 204 g/mol. The minimum Gasteiger partial charge on any atom is -0.462 e. The molecule has 0 amide bonds. The van der Waals surface area contributed by atoms with Gasteiger partial charge in [-0.2, -0.15) is 5.26 Å². The van der Waals surface area contributed by atoms with Gasteiger partial charge in [-0.1, -0.05) is 0 Å². The zero-order chi connectivity index (χ0) is 11.8. The van der Waals surface area contributed by atoms with Crippen LogP contribution >= 0.6 is 0 Å². The third-order valence-electron chi connectivity index (χ3n) is 2.06. The lowest BCUT2D eigenvalue weighted by atomic mass is 10.2. The Morgan fingerprint density at radius 2 is 2.00 bits per heavy atom. The normalized spacial score (nSPS) is 9.44. The number of hydrogen-bond acceptors (Lipinski definition) is 4. The molecule has 4 heteroatoms. The average Bonchev–Trinajstić information content (AvgIpc) is 2.29. The van der Waals surface area contributed by atoms with E-state index >= 15 is 0 Å². The van der Waals surface area contributed by atoms with E-state index in [2.05, 4.69) is 0 Å². The molecule has 0 aromatic heterocycles. The first kappa shape index (κ1) is 12.1. The molecule has 0 unspecified atom stereocenters. The third-order valence-corrected chi connectivity index (χ3v) is 2.06. The van der Waals surface area contributed by atoms with Crippen LogP contribution in [0.15, 0.2) is 24.3 Å². The van der Waals surface area contributed by atoms with Crippen LogP contribution in [0.2, 0.25) is 0 Å². The average molecular weight is 218 g/mol. The fourth-order valence-electron chi connectivity index (χ4n) is 1.17. The molecule has 2 N–H and O–H groups in total. The number of carbonyl (C=O) groups is 1. The molecule has 1 rings (SSSR count). The third kappa shape index (κ3) is 4.01. The SMILES string of the molecule is N#CCCCCOC(=O)c1ccc(N)cc1. The zero-order valence-corrected chi connectivity index (χ0v) is 8.98. The number of rotatable bonds is 5. The van der Waals surface area contributed by atoms with Gasteiger partial charge in [-0.3, -0.25) is 0 Å². The quantitative estimate of drug-likeness (QED) is 0.466. The predicted molar refractivity (Wildman–Crippen MR) is 60.6 cm³/mol. The smallest absolute Gasteiger partial charge is 0.338 e. The van der Waals surface area contributed by atoms with Crippen molar-refractivity contribution >= 4 is 11.7 Å². The van der Waals surface area contributed by atoms with E-state index in [1.165, 1.54) is 0 Å². The highest BCUT2D eigenvalue weighted by molar-refractivity contribution is 5.89. The van der Waals surface area contributed by atoms with E-state index in [0.717, 1.165) is 6.42 Å². The number of benzene rings is 1. The van der Waals surface area contributed by atoms with Crippen molar-refractivity contribution in [3.8, 4) is 6.07 Å². The Kier molecular flexibility index (Phi) is 4.87. The first-order chi connectivity index (χ1) is 7.74. The summed E-state index contributed by atoms with van der Waals surface area (Å²) in [5.74, 6) is -0.350. The molecule has 0 aliphatic carbocycles. The number of anilines is 1. The number of ether oxygens (including phenoxy) is 1. The molecular formula is C12H14N2O2. The minimum atomic E-state index is -0.350. The molecule has 16 heavy (non-hydrogen) atoms. The van der Waals surface area contributed by atoms with Gasteiger partial charge in [-0.15, -0.1) is 0 Å². The topological polar surface area (TPSA) is 76.1 Å². The summed E-state index contributed by atoms with van der Waals surface area (Å²) >= 11 is 0. The largest absolute Gasteiger partial charge is 0.462 e. The van der Waals surface area contributed by atoms with Crippen molar-refractivity contribution in [3.05, 3.63) is 29.8 Å². The molecule has 0 atom stereocenters. The van der Waals surface area contributed by atoms with E-state index in [1.54, 1.807) is 24.3 Å². The molecule has 4 nitrogen and oxygen atoms in total. The lowest BCUT2D eigenvalue weighted by Crippen LogP contribution is -2.06. The Labute approximate surface area is 94.6 Å². The standard InChI is InChI=1S/C12H14N2O2/c13-8-2-1-3-9-16-12(15)10-4-6-11(14)7-5-10/h4-7H,1-3,9,14H2. The molecule has 0 aliphatic heterocycles. The van der Waals surface area contributed by atoms with Gasteiger partial charge in [0.15, 0.2) is 0 Å². The number of hydrogen-bond donors (Lipinski definition) is 1. The molecule has 1 aromatic rings. The number of nitrogens with zero attached hydrogens (tertiary/aromatic N) is 1. The molecule has 0 aliphatic rings. The van der Waals surface area contributed by atoms with E-state index in [-0.39, 0.29) is 5.97 Å². The van der Waals surface area contributed by atoms with Gasteiger partial charge in [0.25, 0.3) is 0 Å². The van der Waals surface area contributed by atoms with Crippen LogP contribution in [0, 0.1) is 11.3 Å². The van der Waals surface area contributed by atoms with Crippen LogP contribution in [0.5, 0.6) is 0 Å². The van der Waals surface area contributed by atoms with Crippen LogP contribution in [0.1, 0.15) is 29.6 Å². The second-order valence-electron chi connectivity index (χ2n) is 3.37. The molecule has 0 radical (unpaired) electrons. The molecule has 0 fully saturated rings. The summed E-state index contributed by atoms with van der Waals surface area (Å²) in [5, 5.41) is 8.31. The van der Waals surface area contributed by atoms with Gasteiger partial charge in [0.1, 0.15) is 0 Å². The second-order valence-corrected chi connectivity index (χ2v) is 3.37. The van der Waals surface area contributed by atoms with Crippen LogP contribution in [0.4, 0.5) is 5.69 Å². The van der Waals surface area contributed by atoms with Crippen molar-refractivity contribution < 1.29 is 9.53 Å². The fraction of sp³-hybridized carbons (Fsp3) is 0.333. The summed E-state index contributed by atoms with van der Waals surface area (Å²) in [5.41, 5.74) is 6.61. The van der Waals surface area contributed by atoms with E-state index in [9.17, 15) is 4.79 Å². The lowest BCUT2D eigenvalue weighted by molar-refractivity contribution is 0.0499. The maximum atomic E-state index is 11.5. The monoisotopic (exact) mass is 218 g/mol. The van der Waals surface area contributed by atoms with Crippen molar-refractivity contribution in [1.82, 2.24) is 0 Å². The molecule has 0 heterocycles. The number of esters is 1. The van der Waals surface area contributed by atoms with Crippen LogP contribution in [-0.4, -0.2) is 12.6 Å². The van der Waals surface area contributed by atoms with Crippen molar-refractivity contribution in [2.75, 3.05) is 12.3 Å². The van der Waals surface area contributed by atoms with Gasteiger partial charge in [0, 0.05) is 12.1 Å². The summed E-state index contributed by atoms with van der Waals surface area (Å²) in [4.78, 5) is 11.5. The van der Waals surface area contributed by atoms with Gasteiger partial charge in [-0.05, 0) is 37.1 Å². The minimum absolute atomic E-state index is 0.350. The van der Waals surface area contributed by atoms with Crippen LogP contribution < -0.4 is 5.73 Å². The van der Waals surface area contributed by atoms with Gasteiger partial charge < -0.3 is 10.5 Å². The van der Waals surface area contributed by atoms with Crippen molar-refractivity contribution in [2.24, 2.45) is 0 Å². The molecule has 1 aromatic carbocycles. The molecule has 0 saturated carbocycles. The summed E-state index contributed by atoms with van der Waals surface area (Å²) in [6.45, 7) is 0.352. The summed E-state index contributed by atoms with van der Waals surface area (Å²) < 4.78 is 5.03. The van der Waals surface area contributed by atoms with E-state index in [0.29, 0.717) is 30.7 Å². The maximum Gasteiger partial charge on any atom is 0.338 e. The first-order valence-electron chi connectivity index (χ1n) is 5.13. The maximum absolute atomic E-state index is 11.5. The molecule has 0 bridgehead atoms. The van der Waals surface area contributed by atoms with Crippen molar-refractivity contribution in [1.29, 1.82) is 5.26 Å². The summed E-state index contributed by atoms with van der Waals surface area (Å²) in [6.07, 6.45) is 1.97. The summed E-state index contributed by atoms with van der Waals surface area (Å²) in [6, 6.07) is 8.62. The van der Waals surface area contributed by atoms with Crippen LogP contribution in [0.25, 0.3) is 0 Å². The Morgan fingerprint density at radius 3 is 2.62 bits per heavy atom. The molecule has 0 saturated heterocycles. The zero-order valence-electron chi connectivity index (χ0n) is 8.98. The fourth-order valence-corrected chi connectivity index (χ4v) is 1.17. The van der Waals surface area contributed by atoms with E-state index < -0.39 is 0 Å². The van der Waals surface area contributed by atoms with Gasteiger partial charge in [0.2, 0.25) is 0 Å². The van der Waals surface area contributed by atoms with Gasteiger partial charge in [-0.25, -0.2) is 4.79 Å². The Bertz CT molecular complexity index is 379. The van der Waals surface area contributed by atoms with Gasteiger partial charge in [0.05, 0.1) is 18.2 Å². The Morgan fingerprint density at radius 1 is 1.31 bits per heavy atom. The highest BCUT2D eigenvalue weighted by atomic mass is 16.5. The Balaban J connectivity index is 2.30. The van der Waals surface area contributed by atoms with Crippen LogP contribution in [-0.2, 0) is 4.74 Å². The van der Waals surface area contributed by atoms with E-state index in [1.807, 2.05) is 6.07 Å². The Hall–Kier alpha value is -2.02. The van der Waals surface area contributed by atoms with Crippen molar-refractivity contribution in [2.45, 2.75) is 19.3 Å².